The summed E-state index contributed by atoms with van der Waals surface area (Å²) in [5.74, 6) is 0. The molecule has 78 valence electrons. The fourth-order valence-electron chi connectivity index (χ4n) is 0.909. The van der Waals surface area contributed by atoms with Crippen LogP contribution in [-0.4, -0.2) is 13.2 Å². The maximum atomic E-state index is 5.68. The summed E-state index contributed by atoms with van der Waals surface area (Å²) >= 11 is 0. The molecule has 0 aliphatic heterocycles. The van der Waals surface area contributed by atoms with E-state index in [1.165, 1.54) is 0 Å². The van der Waals surface area contributed by atoms with Crippen molar-refractivity contribution >= 4 is 0 Å². The van der Waals surface area contributed by atoms with Crippen molar-refractivity contribution in [2.45, 2.75) is 13.8 Å². The maximum Gasteiger partial charge on any atom is 0.0721 e. The molecule has 0 unspecified atom stereocenters. The lowest BCUT2D eigenvalue weighted by Crippen LogP contribution is -2.00. The molecule has 14 heavy (non-hydrogen) atoms. The van der Waals surface area contributed by atoms with E-state index in [4.69, 9.17) is 10.5 Å². The van der Waals surface area contributed by atoms with Crippen LogP contribution in [0.1, 0.15) is 13.8 Å². The van der Waals surface area contributed by atoms with Crippen molar-refractivity contribution in [3.05, 3.63) is 48.2 Å². The summed E-state index contributed by atoms with van der Waals surface area (Å²) < 4.78 is 5.32. The van der Waals surface area contributed by atoms with Crippen molar-refractivity contribution in [3.8, 4) is 0 Å². The second-order valence-corrected chi connectivity index (χ2v) is 2.81. The first-order valence-corrected chi connectivity index (χ1v) is 4.68. The molecular weight excluding hydrogens is 174 g/mol. The third kappa shape index (κ3) is 6.26. The van der Waals surface area contributed by atoms with E-state index in [0.717, 1.165) is 11.3 Å². The van der Waals surface area contributed by atoms with E-state index in [0.29, 0.717) is 13.2 Å². The molecule has 0 saturated carbocycles. The lowest BCUT2D eigenvalue weighted by molar-refractivity contribution is 0.189. The quantitative estimate of drug-likeness (QED) is 0.400. The van der Waals surface area contributed by atoms with E-state index < -0.39 is 0 Å². The molecule has 0 aliphatic carbocycles. The summed E-state index contributed by atoms with van der Waals surface area (Å²) in [6, 6.07) is 0. The molecule has 0 amide bonds. The van der Waals surface area contributed by atoms with Gasteiger partial charge in [0.15, 0.2) is 0 Å². The molecular formula is C12H19NO. The summed E-state index contributed by atoms with van der Waals surface area (Å²) in [6.45, 7) is 8.57. The van der Waals surface area contributed by atoms with Crippen LogP contribution in [0.5, 0.6) is 0 Å². The molecule has 0 rings (SSSR count). The number of allylic oxidation sites excluding steroid dienone is 3. The highest BCUT2D eigenvalue weighted by atomic mass is 16.5. The Bertz CT molecular complexity index is 249. The Labute approximate surface area is 86.4 Å². The van der Waals surface area contributed by atoms with Gasteiger partial charge >= 0.3 is 0 Å². The van der Waals surface area contributed by atoms with Gasteiger partial charge in [-0.3, -0.25) is 0 Å². The molecule has 0 aromatic carbocycles. The van der Waals surface area contributed by atoms with Crippen molar-refractivity contribution in [2.24, 2.45) is 5.73 Å². The summed E-state index contributed by atoms with van der Waals surface area (Å²) in [5.41, 5.74) is 7.49. The van der Waals surface area contributed by atoms with Gasteiger partial charge in [-0.1, -0.05) is 24.3 Å². The minimum absolute atomic E-state index is 0.560. The first kappa shape index (κ1) is 12.7. The Morgan fingerprint density at radius 3 is 2.64 bits per heavy atom. The minimum Gasteiger partial charge on any atom is -0.399 e. The fourth-order valence-corrected chi connectivity index (χ4v) is 0.909. The lowest BCUT2D eigenvalue weighted by Gasteiger charge is -2.02. The molecule has 0 radical (unpaired) electrons. The average Bonchev–Trinajstić information content (AvgIpc) is 2.18. The van der Waals surface area contributed by atoms with E-state index in [2.05, 4.69) is 6.58 Å². The topological polar surface area (TPSA) is 35.2 Å². The Balaban J connectivity index is 4.28. The molecule has 0 bridgehead atoms. The Kier molecular flexibility index (Phi) is 7.56. The van der Waals surface area contributed by atoms with Gasteiger partial charge in [-0.25, -0.2) is 0 Å². The Morgan fingerprint density at radius 2 is 2.14 bits per heavy atom. The van der Waals surface area contributed by atoms with Crippen molar-refractivity contribution in [1.29, 1.82) is 0 Å². The largest absolute Gasteiger partial charge is 0.399 e. The number of hydrogen-bond donors (Lipinski definition) is 1. The fraction of sp³-hybridized carbons (Fsp3) is 0.333. The van der Waals surface area contributed by atoms with Gasteiger partial charge in [0.2, 0.25) is 0 Å². The molecule has 0 heterocycles. The van der Waals surface area contributed by atoms with Crippen LogP contribution in [0, 0.1) is 0 Å². The highest BCUT2D eigenvalue weighted by molar-refractivity contribution is 5.28. The third-order valence-corrected chi connectivity index (χ3v) is 1.57. The van der Waals surface area contributed by atoms with Crippen LogP contribution >= 0.6 is 0 Å². The van der Waals surface area contributed by atoms with E-state index in [1.54, 1.807) is 6.08 Å². The van der Waals surface area contributed by atoms with Crippen LogP contribution in [0.15, 0.2) is 48.2 Å². The van der Waals surface area contributed by atoms with Gasteiger partial charge in [0.25, 0.3) is 0 Å². The van der Waals surface area contributed by atoms with Gasteiger partial charge in [-0.2, -0.15) is 0 Å². The SMILES string of the molecule is C=CCOCC(/C=C\C)=C/C(N)=C\C. The van der Waals surface area contributed by atoms with Gasteiger partial charge in [0.1, 0.15) is 0 Å². The number of ether oxygens (including phenoxy) is 1. The standard InChI is InChI=1S/C12H19NO/c1-4-7-11(9-12(13)6-3)10-14-8-5-2/h4-7,9H,2,8,10,13H2,1,3H3/b7-4-,11-9+,12-6+. The molecule has 2 nitrogen and oxygen atoms in total. The van der Waals surface area contributed by atoms with Gasteiger partial charge in [0.05, 0.1) is 13.2 Å². The predicted octanol–water partition coefficient (Wildman–Crippen LogP) is 2.55. The Hall–Kier alpha value is -1.28. The second-order valence-electron chi connectivity index (χ2n) is 2.81. The molecule has 0 aromatic heterocycles. The molecule has 0 atom stereocenters. The van der Waals surface area contributed by atoms with Gasteiger partial charge in [-0.05, 0) is 25.5 Å². The van der Waals surface area contributed by atoms with Crippen molar-refractivity contribution in [3.63, 3.8) is 0 Å². The van der Waals surface area contributed by atoms with Crippen LogP contribution in [0.4, 0.5) is 0 Å². The molecule has 0 saturated heterocycles. The minimum atomic E-state index is 0.560. The van der Waals surface area contributed by atoms with E-state index >= 15 is 0 Å². The summed E-state index contributed by atoms with van der Waals surface area (Å²) in [5, 5.41) is 0. The second kappa shape index (κ2) is 8.32. The van der Waals surface area contributed by atoms with Crippen LogP contribution < -0.4 is 5.73 Å². The molecule has 2 N–H and O–H groups in total. The number of hydrogen-bond acceptors (Lipinski definition) is 2. The van der Waals surface area contributed by atoms with E-state index in [9.17, 15) is 0 Å². The maximum absolute atomic E-state index is 5.68. The molecule has 0 spiro atoms. The van der Waals surface area contributed by atoms with Crippen LogP contribution in [0.25, 0.3) is 0 Å². The third-order valence-electron chi connectivity index (χ3n) is 1.57. The van der Waals surface area contributed by atoms with Crippen LogP contribution in [-0.2, 0) is 4.74 Å². The van der Waals surface area contributed by atoms with E-state index in [1.807, 2.05) is 38.2 Å². The first-order valence-electron chi connectivity index (χ1n) is 4.68. The molecule has 0 fully saturated rings. The summed E-state index contributed by atoms with van der Waals surface area (Å²) in [6.07, 6.45) is 9.44. The van der Waals surface area contributed by atoms with Crippen molar-refractivity contribution < 1.29 is 4.74 Å². The highest BCUT2D eigenvalue weighted by Gasteiger charge is 1.92. The first-order chi connectivity index (χ1) is 6.74. The Morgan fingerprint density at radius 1 is 1.43 bits per heavy atom. The van der Waals surface area contributed by atoms with Crippen LogP contribution in [0.3, 0.4) is 0 Å². The molecule has 2 heteroatoms. The smallest absolute Gasteiger partial charge is 0.0721 e. The molecule has 0 aliphatic rings. The molecule has 0 aromatic rings. The number of rotatable bonds is 6. The summed E-state index contributed by atoms with van der Waals surface area (Å²) in [7, 11) is 0. The highest BCUT2D eigenvalue weighted by Crippen LogP contribution is 2.01. The zero-order valence-electron chi connectivity index (χ0n) is 8.99. The van der Waals surface area contributed by atoms with Gasteiger partial charge < -0.3 is 10.5 Å². The van der Waals surface area contributed by atoms with Gasteiger partial charge in [0, 0.05) is 5.70 Å². The van der Waals surface area contributed by atoms with Crippen molar-refractivity contribution in [2.75, 3.05) is 13.2 Å². The van der Waals surface area contributed by atoms with Crippen molar-refractivity contribution in [1.82, 2.24) is 0 Å². The zero-order chi connectivity index (χ0) is 10.8. The predicted molar refractivity (Wildman–Crippen MR) is 61.9 cm³/mol. The van der Waals surface area contributed by atoms with E-state index in [-0.39, 0.29) is 0 Å². The number of nitrogens with two attached hydrogens (primary N) is 1. The summed E-state index contributed by atoms with van der Waals surface area (Å²) in [4.78, 5) is 0. The average molecular weight is 193 g/mol. The normalized spacial score (nSPS) is 13.6. The zero-order valence-corrected chi connectivity index (χ0v) is 8.99. The lowest BCUT2D eigenvalue weighted by atomic mass is 10.2. The van der Waals surface area contributed by atoms with Crippen LogP contribution in [0.2, 0.25) is 0 Å². The monoisotopic (exact) mass is 193 g/mol. The van der Waals surface area contributed by atoms with Gasteiger partial charge in [-0.15, -0.1) is 6.58 Å².